The minimum atomic E-state index is 0.145. The summed E-state index contributed by atoms with van der Waals surface area (Å²) in [6.45, 7) is 5.59. The predicted octanol–water partition coefficient (Wildman–Crippen LogP) is 4.84. The summed E-state index contributed by atoms with van der Waals surface area (Å²) in [7, 11) is 0. The third-order valence-corrected chi connectivity index (χ3v) is 7.34. The molecule has 0 bridgehead atoms. The molecule has 1 aliphatic rings. The van der Waals surface area contributed by atoms with E-state index in [1.807, 2.05) is 31.4 Å². The fraction of sp³-hybridized carbons (Fsp3) is 0.421. The molecule has 3 aromatic rings. The van der Waals surface area contributed by atoms with Crippen molar-refractivity contribution in [2.45, 2.75) is 44.5 Å². The van der Waals surface area contributed by atoms with Gasteiger partial charge in [0.2, 0.25) is 0 Å². The van der Waals surface area contributed by atoms with Gasteiger partial charge in [0.25, 0.3) is 0 Å². The fourth-order valence-electron chi connectivity index (χ4n) is 3.26. The number of aryl methyl sites for hydroxylation is 2. The number of nitrogens with zero attached hydrogens (tertiary/aromatic N) is 3. The van der Waals surface area contributed by atoms with Gasteiger partial charge >= 0.3 is 0 Å². The molecule has 8 heteroatoms. The highest BCUT2D eigenvalue weighted by molar-refractivity contribution is 7.99. The first-order valence-corrected chi connectivity index (χ1v) is 11.6. The Morgan fingerprint density at radius 2 is 2.30 bits per heavy atom. The Kier molecular flexibility index (Phi) is 5.77. The first-order valence-electron chi connectivity index (χ1n) is 8.93. The largest absolute Gasteiger partial charge is 0.376 e. The Hall–Kier alpha value is -1.48. The van der Waals surface area contributed by atoms with Crippen LogP contribution in [0.15, 0.2) is 28.7 Å². The Morgan fingerprint density at radius 1 is 1.41 bits per heavy atom. The van der Waals surface area contributed by atoms with Gasteiger partial charge < -0.3 is 4.74 Å². The first kappa shape index (κ1) is 18.9. The van der Waals surface area contributed by atoms with Gasteiger partial charge in [-0.25, -0.2) is 0 Å². The Balaban J connectivity index is 1.54. The van der Waals surface area contributed by atoms with Crippen molar-refractivity contribution >= 4 is 40.2 Å². The molecule has 1 aliphatic heterocycles. The van der Waals surface area contributed by atoms with Gasteiger partial charge in [0.05, 0.1) is 23.3 Å². The van der Waals surface area contributed by atoms with Crippen molar-refractivity contribution in [3.8, 4) is 10.7 Å². The van der Waals surface area contributed by atoms with E-state index in [1.54, 1.807) is 22.7 Å². The van der Waals surface area contributed by atoms with Crippen LogP contribution in [0.5, 0.6) is 0 Å². The number of carbonyl (C=O) groups is 1. The molecule has 1 fully saturated rings. The Bertz CT molecular complexity index is 924. The first-order chi connectivity index (χ1) is 13.1. The fourth-order valence-corrected chi connectivity index (χ4v) is 5.75. The van der Waals surface area contributed by atoms with E-state index >= 15 is 0 Å². The van der Waals surface area contributed by atoms with Crippen LogP contribution < -0.4 is 0 Å². The molecule has 5 nitrogen and oxygen atoms in total. The van der Waals surface area contributed by atoms with Gasteiger partial charge in [-0.3, -0.25) is 9.36 Å². The molecule has 0 aromatic carbocycles. The summed E-state index contributed by atoms with van der Waals surface area (Å²) in [4.78, 5) is 16.0. The molecule has 0 radical (unpaired) electrons. The van der Waals surface area contributed by atoms with Crippen molar-refractivity contribution in [2.24, 2.45) is 0 Å². The summed E-state index contributed by atoms with van der Waals surface area (Å²) in [6.07, 6.45) is 2.34. The van der Waals surface area contributed by atoms with E-state index in [4.69, 9.17) is 4.74 Å². The number of ether oxygens (including phenoxy) is 1. The quantitative estimate of drug-likeness (QED) is 0.405. The van der Waals surface area contributed by atoms with Gasteiger partial charge in [0.15, 0.2) is 16.8 Å². The summed E-state index contributed by atoms with van der Waals surface area (Å²) in [6, 6.07) is 6.05. The summed E-state index contributed by atoms with van der Waals surface area (Å²) >= 11 is 4.78. The van der Waals surface area contributed by atoms with E-state index in [0.29, 0.717) is 5.75 Å². The number of rotatable bonds is 7. The van der Waals surface area contributed by atoms with Gasteiger partial charge in [-0.2, -0.15) is 0 Å². The van der Waals surface area contributed by atoms with E-state index < -0.39 is 0 Å². The van der Waals surface area contributed by atoms with Gasteiger partial charge in [-0.1, -0.05) is 17.8 Å². The van der Waals surface area contributed by atoms with Crippen molar-refractivity contribution in [1.29, 1.82) is 0 Å². The van der Waals surface area contributed by atoms with Crippen molar-refractivity contribution in [1.82, 2.24) is 14.8 Å². The molecule has 0 aliphatic carbocycles. The van der Waals surface area contributed by atoms with E-state index in [9.17, 15) is 4.79 Å². The molecule has 1 unspecified atom stereocenters. The summed E-state index contributed by atoms with van der Waals surface area (Å²) in [5, 5.41) is 11.6. The number of Topliss-reactive ketones (excluding diaryl/α,β-unsaturated/α-hetero) is 1. The molecule has 27 heavy (non-hydrogen) atoms. The van der Waals surface area contributed by atoms with Crippen LogP contribution >= 0.6 is 34.4 Å². The zero-order valence-corrected chi connectivity index (χ0v) is 17.8. The van der Waals surface area contributed by atoms with Crippen LogP contribution in [0.25, 0.3) is 10.7 Å². The smallest absolute Gasteiger partial charge is 0.192 e. The van der Waals surface area contributed by atoms with E-state index in [0.717, 1.165) is 52.3 Å². The van der Waals surface area contributed by atoms with Gasteiger partial charge in [0, 0.05) is 21.9 Å². The molecule has 4 rings (SSSR count). The van der Waals surface area contributed by atoms with Crippen molar-refractivity contribution in [3.63, 3.8) is 0 Å². The number of thioether (sulfide) groups is 1. The molecule has 1 atom stereocenters. The molecule has 0 N–H and O–H groups in total. The van der Waals surface area contributed by atoms with Crippen LogP contribution in [0.2, 0.25) is 0 Å². The molecule has 4 heterocycles. The molecule has 3 aromatic heterocycles. The lowest BCUT2D eigenvalue weighted by atomic mass is 10.2. The highest BCUT2D eigenvalue weighted by Gasteiger charge is 2.23. The monoisotopic (exact) mass is 419 g/mol. The highest BCUT2D eigenvalue weighted by Crippen LogP contribution is 2.30. The maximum absolute atomic E-state index is 12.6. The van der Waals surface area contributed by atoms with Crippen LogP contribution in [-0.2, 0) is 11.3 Å². The Morgan fingerprint density at radius 3 is 2.96 bits per heavy atom. The highest BCUT2D eigenvalue weighted by atomic mass is 32.2. The topological polar surface area (TPSA) is 57.0 Å². The van der Waals surface area contributed by atoms with E-state index in [-0.39, 0.29) is 11.9 Å². The van der Waals surface area contributed by atoms with Crippen molar-refractivity contribution in [3.05, 3.63) is 38.9 Å². The third kappa shape index (κ3) is 4.18. The minimum Gasteiger partial charge on any atom is -0.376 e. The van der Waals surface area contributed by atoms with Crippen LogP contribution in [0, 0.1) is 13.8 Å². The lowest BCUT2D eigenvalue weighted by Gasteiger charge is -2.14. The second-order valence-electron chi connectivity index (χ2n) is 6.57. The number of ketones is 1. The summed E-state index contributed by atoms with van der Waals surface area (Å²) < 4.78 is 7.94. The molecular formula is C19H21N3O2S3. The lowest BCUT2D eigenvalue weighted by Crippen LogP contribution is -2.17. The standard InChI is InChI=1S/C19H21N3O2S3/c1-12-9-15(13(2)27-12)16(23)11-26-19-21-20-18(17-6-4-8-25-17)22(19)10-14-5-3-7-24-14/h4,6,8-9,14H,3,5,7,10-11H2,1-2H3. The molecule has 0 amide bonds. The van der Waals surface area contributed by atoms with Crippen LogP contribution in [0.1, 0.15) is 33.0 Å². The van der Waals surface area contributed by atoms with Crippen LogP contribution in [-0.4, -0.2) is 39.0 Å². The zero-order chi connectivity index (χ0) is 18.8. The van der Waals surface area contributed by atoms with Crippen molar-refractivity contribution < 1.29 is 9.53 Å². The molecule has 0 spiro atoms. The SMILES string of the molecule is Cc1cc(C(=O)CSc2nnc(-c3cccs3)n2CC2CCCO2)c(C)s1. The minimum absolute atomic E-state index is 0.145. The van der Waals surface area contributed by atoms with E-state index in [1.165, 1.54) is 16.6 Å². The molecule has 1 saturated heterocycles. The van der Waals surface area contributed by atoms with Crippen LogP contribution in [0.3, 0.4) is 0 Å². The van der Waals surface area contributed by atoms with Crippen LogP contribution in [0.4, 0.5) is 0 Å². The summed E-state index contributed by atoms with van der Waals surface area (Å²) in [5.41, 5.74) is 0.827. The van der Waals surface area contributed by atoms with Gasteiger partial charge in [-0.05, 0) is 44.2 Å². The van der Waals surface area contributed by atoms with Gasteiger partial charge in [-0.15, -0.1) is 32.9 Å². The maximum Gasteiger partial charge on any atom is 0.192 e. The normalized spacial score (nSPS) is 16.9. The van der Waals surface area contributed by atoms with Crippen molar-refractivity contribution in [2.75, 3.05) is 12.4 Å². The predicted molar refractivity (Wildman–Crippen MR) is 111 cm³/mol. The molecule has 142 valence electrons. The number of hydrogen-bond donors (Lipinski definition) is 0. The second-order valence-corrected chi connectivity index (χ2v) is 9.92. The zero-order valence-electron chi connectivity index (χ0n) is 15.3. The molecular weight excluding hydrogens is 398 g/mol. The second kappa shape index (κ2) is 8.26. The Labute approximate surface area is 170 Å². The average Bonchev–Trinajstić information content (AvgIpc) is 3.41. The third-order valence-electron chi connectivity index (χ3n) is 4.54. The number of carbonyl (C=O) groups excluding carboxylic acids is 1. The summed E-state index contributed by atoms with van der Waals surface area (Å²) in [5.74, 6) is 1.37. The maximum atomic E-state index is 12.6. The van der Waals surface area contributed by atoms with Gasteiger partial charge in [0.1, 0.15) is 0 Å². The van der Waals surface area contributed by atoms with E-state index in [2.05, 4.69) is 20.8 Å². The average molecular weight is 420 g/mol. The number of aromatic nitrogens is 3. The molecule has 0 saturated carbocycles. The number of hydrogen-bond acceptors (Lipinski definition) is 7. The number of thiophene rings is 2. The lowest BCUT2D eigenvalue weighted by molar-refractivity contribution is 0.0953.